The van der Waals surface area contributed by atoms with Gasteiger partial charge in [-0.05, 0) is 58.7 Å². The normalized spacial score (nSPS) is 10.3. The van der Waals surface area contributed by atoms with Crippen LogP contribution in [0.25, 0.3) is 0 Å². The topological polar surface area (TPSA) is 42.0 Å². The molecular formula is C14H13BrN2OS. The zero-order chi connectivity index (χ0) is 13.8. The van der Waals surface area contributed by atoms with Crippen LogP contribution in [0.1, 0.15) is 12.5 Å². The van der Waals surface area contributed by atoms with E-state index in [9.17, 15) is 4.79 Å². The molecule has 0 aliphatic heterocycles. The summed E-state index contributed by atoms with van der Waals surface area (Å²) in [6.07, 6.45) is 1.85. The number of amides is 1. The molecule has 0 aliphatic rings. The first-order chi connectivity index (χ1) is 9.04. The van der Waals surface area contributed by atoms with Crippen molar-refractivity contribution in [1.82, 2.24) is 4.98 Å². The number of nitrogens with zero attached hydrogens (tertiary/aromatic N) is 1. The molecule has 0 fully saturated rings. The van der Waals surface area contributed by atoms with Gasteiger partial charge in [0.05, 0.1) is 4.47 Å². The van der Waals surface area contributed by atoms with Gasteiger partial charge in [-0.1, -0.05) is 11.8 Å². The van der Waals surface area contributed by atoms with E-state index in [-0.39, 0.29) is 5.91 Å². The van der Waals surface area contributed by atoms with Crippen LogP contribution in [0, 0.1) is 6.92 Å². The molecule has 0 saturated carbocycles. The fourth-order valence-corrected chi connectivity index (χ4v) is 2.98. The lowest BCUT2D eigenvalue weighted by atomic mass is 10.3. The Hall–Kier alpha value is -1.33. The van der Waals surface area contributed by atoms with Crippen molar-refractivity contribution in [2.24, 2.45) is 0 Å². The quantitative estimate of drug-likeness (QED) is 0.910. The van der Waals surface area contributed by atoms with Gasteiger partial charge in [0, 0.05) is 23.7 Å². The van der Waals surface area contributed by atoms with E-state index in [4.69, 9.17) is 0 Å². The lowest BCUT2D eigenvalue weighted by Crippen LogP contribution is -2.05. The summed E-state index contributed by atoms with van der Waals surface area (Å²) >= 11 is 5.09. The highest BCUT2D eigenvalue weighted by Crippen LogP contribution is 2.32. The number of aryl methyl sites for hydroxylation is 1. The number of halogens is 1. The predicted molar refractivity (Wildman–Crippen MR) is 81.5 cm³/mol. The minimum absolute atomic E-state index is 0.0663. The van der Waals surface area contributed by atoms with Crippen molar-refractivity contribution in [3.8, 4) is 0 Å². The molecule has 0 atom stereocenters. The van der Waals surface area contributed by atoms with E-state index in [2.05, 4.69) is 26.2 Å². The predicted octanol–water partition coefficient (Wildman–Crippen LogP) is 4.26. The molecule has 0 unspecified atom stereocenters. The van der Waals surface area contributed by atoms with Crippen molar-refractivity contribution in [2.75, 3.05) is 5.32 Å². The fraction of sp³-hybridized carbons (Fsp3) is 0.143. The Morgan fingerprint density at radius 1 is 1.32 bits per heavy atom. The molecule has 5 heteroatoms. The summed E-state index contributed by atoms with van der Waals surface area (Å²) in [6.45, 7) is 3.50. The Kier molecular flexibility index (Phi) is 4.61. The van der Waals surface area contributed by atoms with Crippen LogP contribution < -0.4 is 5.32 Å². The average molecular weight is 337 g/mol. The van der Waals surface area contributed by atoms with Crippen molar-refractivity contribution in [3.05, 3.63) is 46.6 Å². The first-order valence-corrected chi connectivity index (χ1v) is 7.33. The maximum Gasteiger partial charge on any atom is 0.221 e. The smallest absolute Gasteiger partial charge is 0.221 e. The number of anilines is 1. The summed E-state index contributed by atoms with van der Waals surface area (Å²) < 4.78 is 0.989. The van der Waals surface area contributed by atoms with Crippen molar-refractivity contribution in [1.29, 1.82) is 0 Å². The van der Waals surface area contributed by atoms with Crippen LogP contribution in [0.3, 0.4) is 0 Å². The van der Waals surface area contributed by atoms with E-state index in [1.165, 1.54) is 6.92 Å². The summed E-state index contributed by atoms with van der Waals surface area (Å²) in [5, 5.41) is 3.67. The van der Waals surface area contributed by atoms with E-state index < -0.39 is 0 Å². The maximum atomic E-state index is 10.9. The molecule has 0 spiro atoms. The third-order valence-corrected chi connectivity index (χ3v) is 4.23. The van der Waals surface area contributed by atoms with Crippen LogP contribution in [0.15, 0.2) is 50.9 Å². The van der Waals surface area contributed by atoms with Crippen LogP contribution in [0.4, 0.5) is 5.69 Å². The van der Waals surface area contributed by atoms with Gasteiger partial charge in [0.25, 0.3) is 0 Å². The molecule has 2 rings (SSSR count). The fourth-order valence-electron chi connectivity index (χ4n) is 1.52. The molecule has 0 aliphatic carbocycles. The number of nitrogens with one attached hydrogen (secondary N) is 1. The van der Waals surface area contributed by atoms with Gasteiger partial charge in [0.1, 0.15) is 5.03 Å². The van der Waals surface area contributed by atoms with Crippen molar-refractivity contribution in [3.63, 3.8) is 0 Å². The van der Waals surface area contributed by atoms with Crippen molar-refractivity contribution < 1.29 is 4.79 Å². The number of carbonyl (C=O) groups is 1. The van der Waals surface area contributed by atoms with E-state index in [0.29, 0.717) is 0 Å². The molecular weight excluding hydrogens is 324 g/mol. The number of hydrogen-bond acceptors (Lipinski definition) is 3. The second-order valence-corrected chi connectivity index (χ2v) is 6.02. The van der Waals surface area contributed by atoms with Gasteiger partial charge in [-0.2, -0.15) is 0 Å². The van der Waals surface area contributed by atoms with Gasteiger partial charge in [0.15, 0.2) is 0 Å². The molecule has 1 N–H and O–H groups in total. The minimum atomic E-state index is -0.0663. The highest BCUT2D eigenvalue weighted by molar-refractivity contribution is 9.10. The summed E-state index contributed by atoms with van der Waals surface area (Å²) in [6, 6.07) is 9.73. The lowest BCUT2D eigenvalue weighted by molar-refractivity contribution is -0.114. The molecule has 98 valence electrons. The van der Waals surface area contributed by atoms with Gasteiger partial charge in [0.2, 0.25) is 5.91 Å². The Morgan fingerprint density at radius 3 is 2.58 bits per heavy atom. The zero-order valence-corrected chi connectivity index (χ0v) is 13.0. The largest absolute Gasteiger partial charge is 0.326 e. The zero-order valence-electron chi connectivity index (χ0n) is 10.6. The number of pyridine rings is 1. The Labute approximate surface area is 125 Å². The number of benzene rings is 1. The lowest BCUT2D eigenvalue weighted by Gasteiger charge is -2.06. The monoisotopic (exact) mass is 336 g/mol. The van der Waals surface area contributed by atoms with Crippen LogP contribution in [-0.4, -0.2) is 10.9 Å². The van der Waals surface area contributed by atoms with Crippen LogP contribution in [-0.2, 0) is 4.79 Å². The SMILES string of the molecule is CC(=O)Nc1ccc(Sc2ncc(C)cc2Br)cc1. The molecule has 2 aromatic rings. The third-order valence-electron chi connectivity index (χ3n) is 2.33. The molecule has 1 amide bonds. The van der Waals surface area contributed by atoms with Crippen molar-refractivity contribution in [2.45, 2.75) is 23.8 Å². The second-order valence-electron chi connectivity index (χ2n) is 4.11. The van der Waals surface area contributed by atoms with Gasteiger partial charge in [-0.25, -0.2) is 4.98 Å². The first-order valence-electron chi connectivity index (χ1n) is 5.72. The highest BCUT2D eigenvalue weighted by atomic mass is 79.9. The Balaban J connectivity index is 2.13. The average Bonchev–Trinajstić information content (AvgIpc) is 2.34. The van der Waals surface area contributed by atoms with E-state index in [0.717, 1.165) is 25.6 Å². The van der Waals surface area contributed by atoms with E-state index >= 15 is 0 Å². The summed E-state index contributed by atoms with van der Waals surface area (Å²) in [7, 11) is 0. The maximum absolute atomic E-state index is 10.9. The van der Waals surface area contributed by atoms with Crippen LogP contribution >= 0.6 is 27.7 Å². The number of rotatable bonds is 3. The number of aromatic nitrogens is 1. The summed E-state index contributed by atoms with van der Waals surface area (Å²) in [4.78, 5) is 16.4. The molecule has 0 bridgehead atoms. The van der Waals surface area contributed by atoms with Crippen LogP contribution in [0.2, 0.25) is 0 Å². The Morgan fingerprint density at radius 2 is 2.00 bits per heavy atom. The molecule has 1 heterocycles. The molecule has 1 aromatic carbocycles. The van der Waals surface area contributed by atoms with Crippen molar-refractivity contribution >= 4 is 39.3 Å². The molecule has 0 saturated heterocycles. The summed E-state index contributed by atoms with van der Waals surface area (Å²) in [5.41, 5.74) is 1.92. The third kappa shape index (κ3) is 4.08. The Bertz CT molecular complexity index is 599. The molecule has 0 radical (unpaired) electrons. The summed E-state index contributed by atoms with van der Waals surface area (Å²) in [5.74, 6) is -0.0663. The molecule has 3 nitrogen and oxygen atoms in total. The standard InChI is InChI=1S/C14H13BrN2OS/c1-9-7-13(15)14(16-8-9)19-12-5-3-11(4-6-12)17-10(2)18/h3-8H,1-2H3,(H,17,18). The van der Waals surface area contributed by atoms with Gasteiger partial charge in [-0.15, -0.1) is 0 Å². The first kappa shape index (κ1) is 14.1. The highest BCUT2D eigenvalue weighted by Gasteiger charge is 2.04. The second kappa shape index (κ2) is 6.21. The van der Waals surface area contributed by atoms with Gasteiger partial charge in [-0.3, -0.25) is 4.79 Å². The van der Waals surface area contributed by atoms with E-state index in [1.54, 1.807) is 11.8 Å². The molecule has 1 aromatic heterocycles. The van der Waals surface area contributed by atoms with Gasteiger partial charge < -0.3 is 5.32 Å². The van der Waals surface area contributed by atoms with E-state index in [1.807, 2.05) is 43.5 Å². The van der Waals surface area contributed by atoms with Crippen LogP contribution in [0.5, 0.6) is 0 Å². The molecule has 19 heavy (non-hydrogen) atoms. The number of carbonyl (C=O) groups excluding carboxylic acids is 1. The number of hydrogen-bond donors (Lipinski definition) is 1. The van der Waals surface area contributed by atoms with Gasteiger partial charge >= 0.3 is 0 Å². The minimum Gasteiger partial charge on any atom is -0.326 e.